The van der Waals surface area contributed by atoms with Gasteiger partial charge in [-0.15, -0.1) is 0 Å². The van der Waals surface area contributed by atoms with E-state index in [1.165, 1.54) is 12.1 Å². The van der Waals surface area contributed by atoms with Crippen LogP contribution in [-0.2, 0) is 19.4 Å². The lowest BCUT2D eigenvalue weighted by Crippen LogP contribution is -2.13. The van der Waals surface area contributed by atoms with Crippen LogP contribution in [0.15, 0.2) is 30.5 Å². The van der Waals surface area contributed by atoms with Gasteiger partial charge in [0, 0.05) is 23.9 Å². The molecular formula is C18H19FN6O. The van der Waals surface area contributed by atoms with Gasteiger partial charge in [0.15, 0.2) is 5.82 Å². The molecule has 0 aliphatic heterocycles. The van der Waals surface area contributed by atoms with Crippen LogP contribution in [0.4, 0.5) is 4.39 Å². The SMILES string of the molecule is NCCCn1nc2c(c1ON)CCc1cnc(-c3ccc(F)cc3)nc1-2. The minimum absolute atomic E-state index is 0.294. The van der Waals surface area contributed by atoms with Gasteiger partial charge in [0.2, 0.25) is 5.88 Å². The van der Waals surface area contributed by atoms with Gasteiger partial charge in [0.25, 0.3) is 0 Å². The number of aromatic nitrogens is 4. The lowest BCUT2D eigenvalue weighted by Gasteiger charge is -2.15. The van der Waals surface area contributed by atoms with Crippen LogP contribution in [-0.4, -0.2) is 26.3 Å². The Bertz CT molecular complexity index is 938. The van der Waals surface area contributed by atoms with Gasteiger partial charge in [0.1, 0.15) is 11.5 Å². The fraction of sp³-hybridized carbons (Fsp3) is 0.278. The van der Waals surface area contributed by atoms with Crippen LogP contribution >= 0.6 is 0 Å². The van der Waals surface area contributed by atoms with E-state index in [9.17, 15) is 4.39 Å². The molecule has 0 amide bonds. The monoisotopic (exact) mass is 354 g/mol. The maximum absolute atomic E-state index is 13.2. The van der Waals surface area contributed by atoms with E-state index in [4.69, 9.17) is 21.5 Å². The molecule has 0 spiro atoms. The molecule has 3 aromatic rings. The van der Waals surface area contributed by atoms with E-state index in [2.05, 4.69) is 10.1 Å². The minimum atomic E-state index is -0.294. The number of fused-ring (bicyclic) bond motifs is 3. The summed E-state index contributed by atoms with van der Waals surface area (Å²) in [6.07, 6.45) is 4.13. The Kier molecular flexibility index (Phi) is 4.36. The highest BCUT2D eigenvalue weighted by molar-refractivity contribution is 5.70. The number of hydrogen-bond donors (Lipinski definition) is 2. The summed E-state index contributed by atoms with van der Waals surface area (Å²) >= 11 is 0. The quantitative estimate of drug-likeness (QED) is 0.678. The normalized spacial score (nSPS) is 12.6. The van der Waals surface area contributed by atoms with Gasteiger partial charge in [0.05, 0.1) is 5.69 Å². The zero-order valence-corrected chi connectivity index (χ0v) is 14.2. The van der Waals surface area contributed by atoms with Gasteiger partial charge in [-0.1, -0.05) is 0 Å². The molecular weight excluding hydrogens is 335 g/mol. The minimum Gasteiger partial charge on any atom is -0.391 e. The number of nitrogens with two attached hydrogens (primary N) is 2. The molecule has 2 aromatic heterocycles. The third kappa shape index (κ3) is 2.83. The van der Waals surface area contributed by atoms with E-state index < -0.39 is 0 Å². The molecule has 8 heteroatoms. The summed E-state index contributed by atoms with van der Waals surface area (Å²) in [4.78, 5) is 14.2. The number of aryl methyl sites for hydroxylation is 2. The van der Waals surface area contributed by atoms with Crippen molar-refractivity contribution in [3.8, 4) is 28.7 Å². The number of nitrogens with zero attached hydrogens (tertiary/aromatic N) is 4. The fourth-order valence-electron chi connectivity index (χ4n) is 3.22. The van der Waals surface area contributed by atoms with Crippen molar-refractivity contribution in [1.29, 1.82) is 0 Å². The highest BCUT2D eigenvalue weighted by atomic mass is 19.1. The largest absolute Gasteiger partial charge is 0.391 e. The average Bonchev–Trinajstić information content (AvgIpc) is 3.04. The third-order valence-electron chi connectivity index (χ3n) is 4.52. The number of rotatable bonds is 5. The van der Waals surface area contributed by atoms with Gasteiger partial charge in [-0.2, -0.15) is 11.0 Å². The molecule has 4 rings (SSSR count). The van der Waals surface area contributed by atoms with Crippen molar-refractivity contribution in [2.45, 2.75) is 25.8 Å². The molecule has 26 heavy (non-hydrogen) atoms. The van der Waals surface area contributed by atoms with Crippen molar-refractivity contribution in [2.24, 2.45) is 11.6 Å². The summed E-state index contributed by atoms with van der Waals surface area (Å²) in [6.45, 7) is 1.18. The van der Waals surface area contributed by atoms with Crippen molar-refractivity contribution < 1.29 is 9.23 Å². The summed E-state index contributed by atoms with van der Waals surface area (Å²) < 4.78 is 14.9. The van der Waals surface area contributed by atoms with Crippen LogP contribution in [0.2, 0.25) is 0 Å². The molecule has 0 fully saturated rings. The van der Waals surface area contributed by atoms with Crippen LogP contribution in [0.25, 0.3) is 22.8 Å². The summed E-state index contributed by atoms with van der Waals surface area (Å²) in [7, 11) is 0. The van der Waals surface area contributed by atoms with E-state index in [1.54, 1.807) is 16.8 Å². The van der Waals surface area contributed by atoms with Crippen LogP contribution in [0.1, 0.15) is 17.5 Å². The lowest BCUT2D eigenvalue weighted by atomic mass is 9.95. The second-order valence-corrected chi connectivity index (χ2v) is 6.19. The second-order valence-electron chi connectivity index (χ2n) is 6.19. The molecule has 7 nitrogen and oxygen atoms in total. The van der Waals surface area contributed by atoms with Crippen LogP contribution in [0, 0.1) is 5.82 Å². The van der Waals surface area contributed by atoms with Crippen LogP contribution in [0.3, 0.4) is 0 Å². The number of halogens is 1. The van der Waals surface area contributed by atoms with E-state index in [1.807, 2.05) is 6.20 Å². The highest BCUT2D eigenvalue weighted by Gasteiger charge is 2.27. The summed E-state index contributed by atoms with van der Waals surface area (Å²) in [5, 5.41) is 4.66. The van der Waals surface area contributed by atoms with Gasteiger partial charge in [-0.05, 0) is 55.6 Å². The number of hydrogen-bond acceptors (Lipinski definition) is 6. The molecule has 1 aliphatic rings. The smallest absolute Gasteiger partial charge is 0.239 e. The predicted octanol–water partition coefficient (Wildman–Crippen LogP) is 1.85. The lowest BCUT2D eigenvalue weighted by molar-refractivity contribution is 0.291. The summed E-state index contributed by atoms with van der Waals surface area (Å²) in [5.74, 6) is 6.28. The Hall–Kier alpha value is -2.84. The van der Waals surface area contributed by atoms with Gasteiger partial charge >= 0.3 is 0 Å². The summed E-state index contributed by atoms with van der Waals surface area (Å²) in [6, 6.07) is 6.11. The molecule has 134 valence electrons. The molecule has 0 bridgehead atoms. The molecule has 1 aliphatic carbocycles. The van der Waals surface area contributed by atoms with Gasteiger partial charge < -0.3 is 10.6 Å². The molecule has 0 saturated heterocycles. The van der Waals surface area contributed by atoms with E-state index in [-0.39, 0.29) is 5.82 Å². The molecule has 0 unspecified atom stereocenters. The predicted molar refractivity (Wildman–Crippen MR) is 94.5 cm³/mol. The zero-order valence-electron chi connectivity index (χ0n) is 14.2. The Morgan fingerprint density at radius 2 is 1.96 bits per heavy atom. The van der Waals surface area contributed by atoms with Crippen molar-refractivity contribution in [2.75, 3.05) is 6.54 Å². The van der Waals surface area contributed by atoms with Crippen molar-refractivity contribution in [3.05, 3.63) is 47.4 Å². The topological polar surface area (TPSA) is 105 Å². The maximum atomic E-state index is 13.2. The molecule has 0 atom stereocenters. The van der Waals surface area contributed by atoms with Gasteiger partial charge in [-0.3, -0.25) is 0 Å². The highest BCUT2D eigenvalue weighted by Crippen LogP contribution is 2.37. The molecule has 2 heterocycles. The third-order valence-corrected chi connectivity index (χ3v) is 4.52. The molecule has 0 radical (unpaired) electrons. The fourth-order valence-corrected chi connectivity index (χ4v) is 3.22. The Morgan fingerprint density at radius 3 is 2.69 bits per heavy atom. The van der Waals surface area contributed by atoms with Crippen molar-refractivity contribution >= 4 is 0 Å². The first kappa shape index (κ1) is 16.6. The van der Waals surface area contributed by atoms with E-state index in [0.29, 0.717) is 24.8 Å². The Labute approximate surface area is 149 Å². The standard InChI is InChI=1S/C18H19FN6O/c19-13-5-2-11(3-6-13)17-22-10-12-4-7-14-16(15(12)23-17)24-25(9-1-8-20)18(14)26-21/h2-3,5-6,10H,1,4,7-9,20-21H2. The first-order valence-corrected chi connectivity index (χ1v) is 8.50. The van der Waals surface area contributed by atoms with Gasteiger partial charge in [-0.25, -0.2) is 19.0 Å². The van der Waals surface area contributed by atoms with Crippen LogP contribution in [0.5, 0.6) is 5.88 Å². The second kappa shape index (κ2) is 6.81. The maximum Gasteiger partial charge on any atom is 0.239 e. The van der Waals surface area contributed by atoms with Crippen LogP contribution < -0.4 is 16.5 Å². The first-order valence-electron chi connectivity index (χ1n) is 8.50. The molecule has 4 N–H and O–H groups in total. The Morgan fingerprint density at radius 1 is 1.15 bits per heavy atom. The average molecular weight is 354 g/mol. The summed E-state index contributed by atoms with van der Waals surface area (Å²) in [5.41, 5.74) is 9.85. The molecule has 1 aromatic carbocycles. The van der Waals surface area contributed by atoms with E-state index in [0.717, 1.165) is 47.3 Å². The zero-order chi connectivity index (χ0) is 18.1. The first-order chi connectivity index (χ1) is 12.7. The van der Waals surface area contributed by atoms with E-state index >= 15 is 0 Å². The van der Waals surface area contributed by atoms with Crippen molar-refractivity contribution in [3.63, 3.8) is 0 Å². The Balaban J connectivity index is 1.79. The molecule has 0 saturated carbocycles. The van der Waals surface area contributed by atoms with Crippen molar-refractivity contribution in [1.82, 2.24) is 19.7 Å². The number of benzene rings is 1.